The molecule has 1 N–H and O–H groups in total. The molecule has 0 atom stereocenters. The topological polar surface area (TPSA) is 47.6 Å². The van der Waals surface area contributed by atoms with Crippen molar-refractivity contribution in [1.82, 2.24) is 0 Å². The minimum absolute atomic E-state index is 0.331. The molecular weight excluding hydrogens is 286 g/mol. The van der Waals surface area contributed by atoms with Crippen molar-refractivity contribution in [3.8, 4) is 5.75 Å². The van der Waals surface area contributed by atoms with Crippen LogP contribution in [0, 0.1) is 0 Å². The predicted molar refractivity (Wildman–Crippen MR) is 70.2 cm³/mol. The minimum Gasteiger partial charge on any atom is -0.492 e. The Kier molecular flexibility index (Phi) is 5.03. The number of hydrogen-bond donors (Lipinski definition) is 1. The molecule has 0 heterocycles. The third-order valence-electron chi connectivity index (χ3n) is 1.75. The number of hydrogen-bond acceptors (Lipinski definition) is 3. The van der Waals surface area contributed by atoms with Gasteiger partial charge in [-0.05, 0) is 32.0 Å². The van der Waals surface area contributed by atoms with E-state index in [0.29, 0.717) is 23.8 Å². The Hall–Kier alpha value is -1.49. The zero-order chi connectivity index (χ0) is 12.8. The second kappa shape index (κ2) is 6.30. The number of carbonyl (C=O) groups excluding carboxylic acids is 1. The molecule has 92 valence electrons. The van der Waals surface area contributed by atoms with Gasteiger partial charge in [-0.25, -0.2) is 4.79 Å². The molecule has 1 aromatic carbocycles. The average Bonchev–Trinajstić information content (AvgIpc) is 2.21. The molecule has 0 aliphatic carbocycles. The Labute approximate surface area is 109 Å². The zero-order valence-corrected chi connectivity index (χ0v) is 11.3. The molecule has 0 aliphatic heterocycles. The maximum absolute atomic E-state index is 11.4. The van der Waals surface area contributed by atoms with Crippen LogP contribution in [0.5, 0.6) is 5.75 Å². The Morgan fingerprint density at radius 3 is 2.82 bits per heavy atom. The van der Waals surface area contributed by atoms with Crippen molar-refractivity contribution in [2.45, 2.75) is 13.8 Å². The van der Waals surface area contributed by atoms with Crippen LogP contribution in [0.15, 0.2) is 35.0 Å². The summed E-state index contributed by atoms with van der Waals surface area (Å²) < 4.78 is 11.1. The Morgan fingerprint density at radius 1 is 1.53 bits per heavy atom. The van der Waals surface area contributed by atoms with Gasteiger partial charge in [0.2, 0.25) is 0 Å². The zero-order valence-electron chi connectivity index (χ0n) is 9.75. The highest BCUT2D eigenvalue weighted by Crippen LogP contribution is 2.28. The van der Waals surface area contributed by atoms with E-state index in [1.54, 1.807) is 25.1 Å². The van der Waals surface area contributed by atoms with Crippen LogP contribution in [0.2, 0.25) is 0 Å². The van der Waals surface area contributed by atoms with E-state index in [0.717, 1.165) is 4.47 Å². The molecule has 0 saturated heterocycles. The number of nitrogens with one attached hydrogen (secondary N) is 1. The van der Waals surface area contributed by atoms with Crippen LogP contribution in [0.1, 0.15) is 13.8 Å². The summed E-state index contributed by atoms with van der Waals surface area (Å²) in [4.78, 5) is 11.4. The van der Waals surface area contributed by atoms with E-state index in [-0.39, 0.29) is 0 Å². The first-order valence-corrected chi connectivity index (χ1v) is 5.89. The third-order valence-corrected chi connectivity index (χ3v) is 2.24. The van der Waals surface area contributed by atoms with E-state index in [4.69, 9.17) is 9.47 Å². The van der Waals surface area contributed by atoms with Gasteiger partial charge in [0.1, 0.15) is 5.75 Å². The predicted octanol–water partition coefficient (Wildman–Crippen LogP) is 3.93. The highest BCUT2D eigenvalue weighted by molar-refractivity contribution is 9.10. The number of allylic oxidation sites excluding steroid dienone is 1. The lowest BCUT2D eigenvalue weighted by Gasteiger charge is -2.11. The molecule has 4 nitrogen and oxygen atoms in total. The van der Waals surface area contributed by atoms with Gasteiger partial charge < -0.3 is 9.47 Å². The Morgan fingerprint density at radius 2 is 2.24 bits per heavy atom. The highest BCUT2D eigenvalue weighted by atomic mass is 79.9. The molecule has 0 unspecified atom stereocenters. The van der Waals surface area contributed by atoms with Crippen LogP contribution >= 0.6 is 15.9 Å². The van der Waals surface area contributed by atoms with E-state index in [1.165, 1.54) is 0 Å². The molecule has 1 rings (SSSR count). The molecule has 1 amide bonds. The quantitative estimate of drug-likeness (QED) is 0.857. The molecule has 0 bridgehead atoms. The normalized spacial score (nSPS) is 9.59. The number of rotatable bonds is 4. The van der Waals surface area contributed by atoms with E-state index >= 15 is 0 Å². The standard InChI is InChI=1S/C12H14BrNO3/c1-4-16-11-7-9(13)5-6-10(11)14-12(15)17-8(2)3/h5-7H,2,4H2,1,3H3,(H,14,15). The number of halogens is 1. The van der Waals surface area contributed by atoms with Crippen LogP contribution in [-0.2, 0) is 4.74 Å². The summed E-state index contributed by atoms with van der Waals surface area (Å²) >= 11 is 3.33. The van der Waals surface area contributed by atoms with Crippen molar-refractivity contribution >= 4 is 27.7 Å². The second-order valence-corrected chi connectivity index (χ2v) is 4.21. The van der Waals surface area contributed by atoms with Gasteiger partial charge in [-0.1, -0.05) is 22.5 Å². The van der Waals surface area contributed by atoms with E-state index in [1.807, 2.05) is 6.92 Å². The minimum atomic E-state index is -0.583. The van der Waals surface area contributed by atoms with E-state index < -0.39 is 6.09 Å². The van der Waals surface area contributed by atoms with Crippen molar-refractivity contribution in [3.63, 3.8) is 0 Å². The fourth-order valence-electron chi connectivity index (χ4n) is 1.17. The van der Waals surface area contributed by atoms with E-state index in [2.05, 4.69) is 27.8 Å². The smallest absolute Gasteiger partial charge is 0.416 e. The highest BCUT2D eigenvalue weighted by Gasteiger charge is 2.09. The van der Waals surface area contributed by atoms with Crippen molar-refractivity contribution in [2.24, 2.45) is 0 Å². The number of carbonyl (C=O) groups is 1. The van der Waals surface area contributed by atoms with Gasteiger partial charge in [0.15, 0.2) is 0 Å². The molecule has 0 fully saturated rings. The molecule has 0 aromatic heterocycles. The summed E-state index contributed by atoms with van der Waals surface area (Å²) in [6, 6.07) is 5.31. The van der Waals surface area contributed by atoms with Crippen molar-refractivity contribution < 1.29 is 14.3 Å². The van der Waals surface area contributed by atoms with Gasteiger partial charge in [-0.3, -0.25) is 5.32 Å². The van der Waals surface area contributed by atoms with E-state index in [9.17, 15) is 4.79 Å². The summed E-state index contributed by atoms with van der Waals surface area (Å²) in [5.41, 5.74) is 0.557. The fourth-order valence-corrected chi connectivity index (χ4v) is 1.51. The van der Waals surface area contributed by atoms with Gasteiger partial charge in [0.25, 0.3) is 0 Å². The molecule has 1 aromatic rings. The van der Waals surface area contributed by atoms with Gasteiger partial charge in [-0.15, -0.1) is 0 Å². The number of amides is 1. The lowest BCUT2D eigenvalue weighted by Crippen LogP contribution is -2.13. The Balaban J connectivity index is 2.82. The first kappa shape index (κ1) is 13.6. The average molecular weight is 300 g/mol. The van der Waals surface area contributed by atoms with Crippen LogP contribution in [0.3, 0.4) is 0 Å². The summed E-state index contributed by atoms with van der Waals surface area (Å²) in [5, 5.41) is 2.59. The lowest BCUT2D eigenvalue weighted by atomic mass is 10.3. The molecule has 0 saturated carbocycles. The van der Waals surface area contributed by atoms with Gasteiger partial charge in [-0.2, -0.15) is 0 Å². The van der Waals surface area contributed by atoms with Gasteiger partial charge in [0, 0.05) is 4.47 Å². The SMILES string of the molecule is C=C(C)OC(=O)Nc1ccc(Br)cc1OCC. The van der Waals surface area contributed by atoms with Crippen LogP contribution in [0.25, 0.3) is 0 Å². The van der Waals surface area contributed by atoms with Gasteiger partial charge >= 0.3 is 6.09 Å². The second-order valence-electron chi connectivity index (χ2n) is 3.29. The first-order chi connectivity index (χ1) is 8.02. The molecule has 0 radical (unpaired) electrons. The molecule has 17 heavy (non-hydrogen) atoms. The molecule has 0 aliphatic rings. The van der Waals surface area contributed by atoms with Crippen LogP contribution in [-0.4, -0.2) is 12.7 Å². The summed E-state index contributed by atoms with van der Waals surface area (Å²) in [6.07, 6.45) is -0.583. The van der Waals surface area contributed by atoms with Crippen molar-refractivity contribution in [3.05, 3.63) is 35.0 Å². The van der Waals surface area contributed by atoms with Gasteiger partial charge in [0.05, 0.1) is 18.1 Å². The monoisotopic (exact) mass is 299 g/mol. The molecule has 0 spiro atoms. The number of benzene rings is 1. The van der Waals surface area contributed by atoms with Crippen LogP contribution in [0.4, 0.5) is 10.5 Å². The van der Waals surface area contributed by atoms with Crippen LogP contribution < -0.4 is 10.1 Å². The summed E-state index contributed by atoms with van der Waals surface area (Å²) in [5.74, 6) is 0.915. The third kappa shape index (κ3) is 4.48. The number of ether oxygens (including phenoxy) is 2. The maximum Gasteiger partial charge on any atom is 0.416 e. The van der Waals surface area contributed by atoms with Crippen molar-refractivity contribution in [1.29, 1.82) is 0 Å². The summed E-state index contributed by atoms with van der Waals surface area (Å²) in [7, 11) is 0. The Bertz CT molecular complexity index is 432. The fraction of sp³-hybridized carbons (Fsp3) is 0.250. The maximum atomic E-state index is 11.4. The molecular formula is C12H14BrNO3. The first-order valence-electron chi connectivity index (χ1n) is 5.09. The summed E-state index contributed by atoms with van der Waals surface area (Å²) in [6.45, 7) is 7.48. The van der Waals surface area contributed by atoms with Crippen molar-refractivity contribution in [2.75, 3.05) is 11.9 Å². The lowest BCUT2D eigenvalue weighted by molar-refractivity contribution is 0.192. The molecule has 5 heteroatoms. The number of anilines is 1. The largest absolute Gasteiger partial charge is 0.492 e.